The van der Waals surface area contributed by atoms with Crippen LogP contribution in [0.5, 0.6) is 0 Å². The zero-order chi connectivity index (χ0) is 16.1. The van der Waals surface area contributed by atoms with Crippen LogP contribution in [0.15, 0.2) is 54.6 Å². The van der Waals surface area contributed by atoms with Crippen LogP contribution < -0.4 is 5.73 Å². The summed E-state index contributed by atoms with van der Waals surface area (Å²) in [7, 11) is 2.24. The Kier molecular flexibility index (Phi) is 9.30. The van der Waals surface area contributed by atoms with Crippen molar-refractivity contribution in [3.05, 3.63) is 65.7 Å². The van der Waals surface area contributed by atoms with E-state index in [1.165, 1.54) is 37.1 Å². The molecule has 2 aromatic carbocycles. The van der Waals surface area contributed by atoms with Crippen molar-refractivity contribution in [2.24, 2.45) is 0 Å². The summed E-state index contributed by atoms with van der Waals surface area (Å²) < 4.78 is 0. The summed E-state index contributed by atoms with van der Waals surface area (Å²) in [5.74, 6) is 0. The SMILES string of the molecule is CN(Cc1cccc(N)c1)C1CCN(Cc2ccccc2)CC1.Cl.Cl. The predicted molar refractivity (Wildman–Crippen MR) is 112 cm³/mol. The third-order valence-electron chi connectivity index (χ3n) is 4.81. The number of piperidine rings is 1. The first-order chi connectivity index (χ1) is 11.2. The largest absolute Gasteiger partial charge is 0.399 e. The van der Waals surface area contributed by atoms with Gasteiger partial charge in [-0.05, 0) is 56.2 Å². The number of likely N-dealkylation sites (tertiary alicyclic amines) is 1. The van der Waals surface area contributed by atoms with E-state index < -0.39 is 0 Å². The van der Waals surface area contributed by atoms with Crippen LogP contribution in [0.25, 0.3) is 0 Å². The third-order valence-corrected chi connectivity index (χ3v) is 4.81. The number of nitrogen functional groups attached to an aromatic ring is 1. The summed E-state index contributed by atoms with van der Waals surface area (Å²) in [5.41, 5.74) is 9.45. The molecule has 0 amide bonds. The molecule has 3 rings (SSSR count). The Morgan fingerprint density at radius 1 is 0.960 bits per heavy atom. The Hall–Kier alpha value is -1.26. The number of rotatable bonds is 5. The molecule has 0 radical (unpaired) electrons. The highest BCUT2D eigenvalue weighted by Crippen LogP contribution is 2.19. The molecular weight excluding hydrogens is 353 g/mol. The fourth-order valence-electron chi connectivity index (χ4n) is 3.47. The van der Waals surface area contributed by atoms with E-state index in [4.69, 9.17) is 5.73 Å². The minimum atomic E-state index is 0. The smallest absolute Gasteiger partial charge is 0.0317 e. The molecule has 0 aromatic heterocycles. The lowest BCUT2D eigenvalue weighted by Crippen LogP contribution is -2.42. The van der Waals surface area contributed by atoms with Crippen molar-refractivity contribution in [2.45, 2.75) is 32.0 Å². The number of hydrogen-bond acceptors (Lipinski definition) is 3. The molecule has 1 fully saturated rings. The van der Waals surface area contributed by atoms with Crippen molar-refractivity contribution >= 4 is 30.5 Å². The average molecular weight is 382 g/mol. The maximum absolute atomic E-state index is 5.88. The van der Waals surface area contributed by atoms with Crippen molar-refractivity contribution in [1.82, 2.24) is 9.80 Å². The Morgan fingerprint density at radius 3 is 2.24 bits per heavy atom. The van der Waals surface area contributed by atoms with E-state index in [1.807, 2.05) is 12.1 Å². The monoisotopic (exact) mass is 381 g/mol. The molecular formula is C20H29Cl2N3. The van der Waals surface area contributed by atoms with E-state index in [1.54, 1.807) is 0 Å². The zero-order valence-corrected chi connectivity index (χ0v) is 16.4. The molecule has 1 heterocycles. The Balaban J connectivity index is 0.00000156. The highest BCUT2D eigenvalue weighted by molar-refractivity contribution is 5.85. The average Bonchev–Trinajstić information content (AvgIpc) is 2.56. The van der Waals surface area contributed by atoms with Crippen molar-refractivity contribution in [3.63, 3.8) is 0 Å². The molecule has 0 atom stereocenters. The van der Waals surface area contributed by atoms with Gasteiger partial charge < -0.3 is 5.73 Å². The molecule has 0 unspecified atom stereocenters. The van der Waals surface area contributed by atoms with Gasteiger partial charge in [-0.15, -0.1) is 24.8 Å². The van der Waals surface area contributed by atoms with Gasteiger partial charge >= 0.3 is 0 Å². The molecule has 25 heavy (non-hydrogen) atoms. The van der Waals surface area contributed by atoms with Gasteiger partial charge in [-0.25, -0.2) is 0 Å². The maximum atomic E-state index is 5.88. The van der Waals surface area contributed by atoms with Crippen LogP contribution in [0.1, 0.15) is 24.0 Å². The van der Waals surface area contributed by atoms with Gasteiger partial charge in [0, 0.05) is 24.8 Å². The van der Waals surface area contributed by atoms with Gasteiger partial charge in [0.25, 0.3) is 0 Å². The molecule has 0 spiro atoms. The lowest BCUT2D eigenvalue weighted by Gasteiger charge is -2.37. The van der Waals surface area contributed by atoms with E-state index in [2.05, 4.69) is 59.3 Å². The van der Waals surface area contributed by atoms with Crippen molar-refractivity contribution in [1.29, 1.82) is 0 Å². The number of nitrogens with zero attached hydrogens (tertiary/aromatic N) is 2. The molecule has 1 aliphatic heterocycles. The third kappa shape index (κ3) is 6.52. The summed E-state index contributed by atoms with van der Waals surface area (Å²) >= 11 is 0. The molecule has 0 saturated carbocycles. The van der Waals surface area contributed by atoms with Crippen LogP contribution in [0.4, 0.5) is 5.69 Å². The van der Waals surface area contributed by atoms with Gasteiger partial charge in [-0.3, -0.25) is 9.80 Å². The zero-order valence-electron chi connectivity index (χ0n) is 14.8. The summed E-state index contributed by atoms with van der Waals surface area (Å²) in [4.78, 5) is 5.05. The number of hydrogen-bond donors (Lipinski definition) is 1. The highest BCUT2D eigenvalue weighted by Gasteiger charge is 2.22. The van der Waals surface area contributed by atoms with Crippen molar-refractivity contribution in [2.75, 3.05) is 25.9 Å². The van der Waals surface area contributed by atoms with Gasteiger partial charge in [0.1, 0.15) is 0 Å². The fraction of sp³-hybridized carbons (Fsp3) is 0.400. The lowest BCUT2D eigenvalue weighted by molar-refractivity contribution is 0.119. The Labute approximate surface area is 164 Å². The van der Waals surface area contributed by atoms with Crippen LogP contribution in [0.2, 0.25) is 0 Å². The molecule has 0 bridgehead atoms. The number of anilines is 1. The topological polar surface area (TPSA) is 32.5 Å². The second kappa shape index (κ2) is 10.7. The minimum absolute atomic E-state index is 0. The van der Waals surface area contributed by atoms with Crippen molar-refractivity contribution in [3.8, 4) is 0 Å². The summed E-state index contributed by atoms with van der Waals surface area (Å²) in [6, 6.07) is 19.7. The Morgan fingerprint density at radius 2 is 1.60 bits per heavy atom. The first kappa shape index (κ1) is 21.8. The second-order valence-corrected chi connectivity index (χ2v) is 6.65. The van der Waals surface area contributed by atoms with Gasteiger partial charge in [-0.2, -0.15) is 0 Å². The van der Waals surface area contributed by atoms with Crippen molar-refractivity contribution < 1.29 is 0 Å². The predicted octanol–water partition coefficient (Wildman–Crippen LogP) is 4.21. The van der Waals surface area contributed by atoms with Crippen LogP contribution >= 0.6 is 24.8 Å². The Bertz CT molecular complexity index is 613. The van der Waals surface area contributed by atoms with Crippen LogP contribution in [0.3, 0.4) is 0 Å². The molecule has 1 saturated heterocycles. The molecule has 0 aliphatic carbocycles. The quantitative estimate of drug-likeness (QED) is 0.787. The van der Waals surface area contributed by atoms with E-state index in [9.17, 15) is 0 Å². The first-order valence-electron chi connectivity index (χ1n) is 8.51. The van der Waals surface area contributed by atoms with Crippen LogP contribution in [0, 0.1) is 0 Å². The van der Waals surface area contributed by atoms with Gasteiger partial charge in [0.15, 0.2) is 0 Å². The normalized spacial score (nSPS) is 15.4. The highest BCUT2D eigenvalue weighted by atomic mass is 35.5. The lowest BCUT2D eigenvalue weighted by atomic mass is 10.0. The van der Waals surface area contributed by atoms with E-state index in [0.29, 0.717) is 6.04 Å². The van der Waals surface area contributed by atoms with Crippen LogP contribution in [-0.2, 0) is 13.1 Å². The molecule has 1 aliphatic rings. The summed E-state index contributed by atoms with van der Waals surface area (Å²) in [6.07, 6.45) is 2.48. The molecule has 5 heteroatoms. The molecule has 138 valence electrons. The first-order valence-corrected chi connectivity index (χ1v) is 8.51. The number of benzene rings is 2. The van der Waals surface area contributed by atoms with E-state index >= 15 is 0 Å². The molecule has 3 nitrogen and oxygen atoms in total. The second-order valence-electron chi connectivity index (χ2n) is 6.65. The van der Waals surface area contributed by atoms with Gasteiger partial charge in [0.2, 0.25) is 0 Å². The maximum Gasteiger partial charge on any atom is 0.0317 e. The standard InChI is InChI=1S/C20H27N3.2ClH/c1-22(15-18-8-5-9-19(21)14-18)20-10-12-23(13-11-20)16-17-6-3-2-4-7-17;;/h2-9,14,20H,10-13,15-16,21H2,1H3;2*1H. The van der Waals surface area contributed by atoms with E-state index in [0.717, 1.165) is 18.8 Å². The molecule has 2 N–H and O–H groups in total. The van der Waals surface area contributed by atoms with E-state index in [-0.39, 0.29) is 24.8 Å². The number of nitrogens with two attached hydrogens (primary N) is 1. The minimum Gasteiger partial charge on any atom is -0.399 e. The summed E-state index contributed by atoms with van der Waals surface area (Å²) in [5, 5.41) is 0. The fourth-order valence-corrected chi connectivity index (χ4v) is 3.47. The van der Waals surface area contributed by atoms with Gasteiger partial charge in [-0.1, -0.05) is 42.5 Å². The molecule has 2 aromatic rings. The van der Waals surface area contributed by atoms with Crippen LogP contribution in [-0.4, -0.2) is 36.0 Å². The summed E-state index contributed by atoms with van der Waals surface area (Å²) in [6.45, 7) is 4.42. The number of halogens is 2. The van der Waals surface area contributed by atoms with Gasteiger partial charge in [0.05, 0.1) is 0 Å².